The van der Waals surface area contributed by atoms with Crippen molar-refractivity contribution in [3.8, 4) is 17.1 Å². The number of benzene rings is 4. The molecule has 12 heteroatoms. The lowest BCUT2D eigenvalue weighted by Crippen LogP contribution is -2.40. The largest absolute Gasteiger partial charge is 0.379 e. The Labute approximate surface area is 306 Å². The second-order valence-corrected chi connectivity index (χ2v) is 15.6. The molecule has 2 aromatic heterocycles. The molecule has 3 heterocycles. The van der Waals surface area contributed by atoms with E-state index < -0.39 is 10.0 Å². The van der Waals surface area contributed by atoms with Gasteiger partial charge in [-0.15, -0.1) is 10.2 Å². The van der Waals surface area contributed by atoms with Crippen LogP contribution in [0.3, 0.4) is 0 Å². The predicted molar refractivity (Wildman–Crippen MR) is 200 cm³/mol. The van der Waals surface area contributed by atoms with Gasteiger partial charge in [0.05, 0.1) is 35.6 Å². The number of ketones is 1. The molecule has 1 aliphatic heterocycles. The average Bonchev–Trinajstić information content (AvgIpc) is 3.72. The van der Waals surface area contributed by atoms with Gasteiger partial charge in [0.15, 0.2) is 16.8 Å². The molecule has 7 rings (SSSR count). The van der Waals surface area contributed by atoms with Crippen LogP contribution in [0.25, 0.3) is 17.1 Å². The Hall–Kier alpha value is -4.52. The molecule has 6 aromatic rings. The molecule has 0 radical (unpaired) electrons. The van der Waals surface area contributed by atoms with E-state index in [4.69, 9.17) is 16.3 Å². The zero-order chi connectivity index (χ0) is 35.5. The molecule has 9 nitrogen and oxygen atoms in total. The number of morpholine rings is 1. The molecule has 0 aliphatic carbocycles. The standard InChI is InChI=1S/C39H36ClN5O4S2/c1-27-23-35(28(2)44(27)37(29-11-5-3-6-12-29)30-13-7-4-8-14-30)36(46)26-50-39-42-41-38(45(39)33-17-10-16-32(40)25-33)31-15-9-18-34(24-31)51(47,48)43-19-21-49-22-20-43/h3-18,23-25,37H,19-22,26H2,1-2H3. The maximum atomic E-state index is 14.0. The molecule has 0 spiro atoms. The molecule has 1 saturated heterocycles. The van der Waals surface area contributed by atoms with Crippen LogP contribution in [0.2, 0.25) is 5.02 Å². The first kappa shape index (κ1) is 34.9. The predicted octanol–water partition coefficient (Wildman–Crippen LogP) is 7.64. The van der Waals surface area contributed by atoms with Crippen LogP contribution in [0.1, 0.15) is 38.9 Å². The van der Waals surface area contributed by atoms with E-state index in [2.05, 4.69) is 39.0 Å². The molecule has 0 bridgehead atoms. The summed E-state index contributed by atoms with van der Waals surface area (Å²) in [5, 5.41) is 10.00. The van der Waals surface area contributed by atoms with Gasteiger partial charge in [-0.25, -0.2) is 8.42 Å². The lowest BCUT2D eigenvalue weighted by molar-refractivity contribution is 0.0730. The van der Waals surface area contributed by atoms with Crippen LogP contribution in [0.4, 0.5) is 0 Å². The summed E-state index contributed by atoms with van der Waals surface area (Å²) in [5.74, 6) is 0.494. The number of carbonyl (C=O) groups excluding carboxylic acids is 1. The number of halogens is 1. The van der Waals surface area contributed by atoms with Crippen LogP contribution in [-0.2, 0) is 14.8 Å². The lowest BCUT2D eigenvalue weighted by Gasteiger charge is -2.26. The molecule has 1 aliphatic rings. The van der Waals surface area contributed by atoms with Gasteiger partial charge >= 0.3 is 0 Å². The van der Waals surface area contributed by atoms with Crippen molar-refractivity contribution in [2.24, 2.45) is 0 Å². The van der Waals surface area contributed by atoms with Gasteiger partial charge in [-0.3, -0.25) is 9.36 Å². The monoisotopic (exact) mass is 737 g/mol. The fourth-order valence-corrected chi connectivity index (χ4v) is 9.03. The van der Waals surface area contributed by atoms with Crippen LogP contribution in [0.5, 0.6) is 0 Å². The van der Waals surface area contributed by atoms with E-state index >= 15 is 0 Å². The number of Topliss-reactive ketones (excluding diaryl/α,β-unsaturated/α-hetero) is 1. The van der Waals surface area contributed by atoms with Gasteiger partial charge in [0.1, 0.15) is 0 Å². The van der Waals surface area contributed by atoms with E-state index in [-0.39, 0.29) is 22.5 Å². The minimum absolute atomic E-state index is 0.0416. The molecule has 1 fully saturated rings. The number of hydrogen-bond donors (Lipinski definition) is 0. The van der Waals surface area contributed by atoms with Crippen molar-refractivity contribution in [3.63, 3.8) is 0 Å². The molecule has 260 valence electrons. The van der Waals surface area contributed by atoms with Crippen molar-refractivity contribution < 1.29 is 17.9 Å². The van der Waals surface area contributed by atoms with Crippen LogP contribution in [0.15, 0.2) is 125 Å². The molecular formula is C39H36ClN5O4S2. The summed E-state index contributed by atoms with van der Waals surface area (Å²) in [6.45, 7) is 5.32. The van der Waals surface area contributed by atoms with Gasteiger partial charge in [0.2, 0.25) is 10.0 Å². The Kier molecular flexibility index (Phi) is 10.3. The quantitative estimate of drug-likeness (QED) is 0.0996. The highest BCUT2D eigenvalue weighted by atomic mass is 35.5. The van der Waals surface area contributed by atoms with Gasteiger partial charge in [-0.05, 0) is 61.4 Å². The van der Waals surface area contributed by atoms with Crippen molar-refractivity contribution in [1.82, 2.24) is 23.6 Å². The highest BCUT2D eigenvalue weighted by molar-refractivity contribution is 7.99. The summed E-state index contributed by atoms with van der Waals surface area (Å²) in [4.78, 5) is 14.1. The number of hydrogen-bond acceptors (Lipinski definition) is 7. The normalized spacial score (nSPS) is 13.9. The van der Waals surface area contributed by atoms with Gasteiger partial charge in [0, 0.05) is 40.6 Å². The molecular weight excluding hydrogens is 702 g/mol. The Morgan fingerprint density at radius 1 is 0.843 bits per heavy atom. The summed E-state index contributed by atoms with van der Waals surface area (Å²) >= 11 is 7.70. The first-order chi connectivity index (χ1) is 24.7. The van der Waals surface area contributed by atoms with Crippen molar-refractivity contribution in [1.29, 1.82) is 0 Å². The fraction of sp³-hybridized carbons (Fsp3) is 0.205. The number of rotatable bonds is 11. The van der Waals surface area contributed by atoms with Crippen LogP contribution >= 0.6 is 23.4 Å². The molecule has 0 saturated carbocycles. The number of aryl methyl sites for hydroxylation is 1. The van der Waals surface area contributed by atoms with Gasteiger partial charge in [-0.2, -0.15) is 4.31 Å². The van der Waals surface area contributed by atoms with E-state index in [0.29, 0.717) is 59.1 Å². The number of sulfonamides is 1. The van der Waals surface area contributed by atoms with E-state index in [1.807, 2.05) is 73.0 Å². The van der Waals surface area contributed by atoms with E-state index in [0.717, 1.165) is 22.5 Å². The topological polar surface area (TPSA) is 99.3 Å². The smallest absolute Gasteiger partial charge is 0.243 e. The summed E-state index contributed by atoms with van der Waals surface area (Å²) in [6, 6.07) is 36.4. The molecule has 0 unspecified atom stereocenters. The Balaban J connectivity index is 1.21. The van der Waals surface area contributed by atoms with Gasteiger partial charge in [0.25, 0.3) is 0 Å². The van der Waals surface area contributed by atoms with Crippen molar-refractivity contribution in [3.05, 3.63) is 148 Å². The number of aromatic nitrogens is 4. The highest BCUT2D eigenvalue weighted by Gasteiger charge is 2.28. The van der Waals surface area contributed by atoms with Crippen molar-refractivity contribution >= 4 is 39.2 Å². The zero-order valence-corrected chi connectivity index (χ0v) is 30.5. The number of ether oxygens (including phenoxy) is 1. The number of carbonyl (C=O) groups is 1. The zero-order valence-electron chi connectivity index (χ0n) is 28.1. The SMILES string of the molecule is Cc1cc(C(=O)CSc2nnc(-c3cccc(S(=O)(=O)N4CCOCC4)c3)n2-c2cccc(Cl)c2)c(C)n1C(c1ccccc1)c1ccccc1. The van der Waals surface area contributed by atoms with E-state index in [1.54, 1.807) is 36.4 Å². The lowest BCUT2D eigenvalue weighted by atomic mass is 9.98. The average molecular weight is 738 g/mol. The van der Waals surface area contributed by atoms with E-state index in [9.17, 15) is 13.2 Å². The fourth-order valence-electron chi connectivity index (χ4n) is 6.56. The molecule has 0 amide bonds. The Morgan fingerprint density at radius 2 is 1.51 bits per heavy atom. The van der Waals surface area contributed by atoms with Crippen molar-refractivity contribution in [2.45, 2.75) is 29.9 Å². The van der Waals surface area contributed by atoms with Crippen LogP contribution < -0.4 is 0 Å². The van der Waals surface area contributed by atoms with Crippen molar-refractivity contribution in [2.75, 3.05) is 32.1 Å². The highest BCUT2D eigenvalue weighted by Crippen LogP contribution is 2.34. The maximum Gasteiger partial charge on any atom is 0.243 e. The molecule has 4 aromatic carbocycles. The first-order valence-corrected chi connectivity index (χ1v) is 19.4. The second kappa shape index (κ2) is 15.0. The molecule has 0 atom stereocenters. The first-order valence-electron chi connectivity index (χ1n) is 16.6. The Bertz CT molecular complexity index is 2250. The Morgan fingerprint density at radius 3 is 2.18 bits per heavy atom. The molecule has 51 heavy (non-hydrogen) atoms. The number of nitrogens with zero attached hydrogens (tertiary/aromatic N) is 5. The van der Waals surface area contributed by atoms with E-state index in [1.165, 1.54) is 16.1 Å². The van der Waals surface area contributed by atoms with Gasteiger partial charge in [-0.1, -0.05) is 102 Å². The van der Waals surface area contributed by atoms with Crippen LogP contribution in [-0.4, -0.2) is 69.9 Å². The minimum Gasteiger partial charge on any atom is -0.379 e. The second-order valence-electron chi connectivity index (χ2n) is 12.3. The summed E-state index contributed by atoms with van der Waals surface area (Å²) in [5.41, 5.74) is 6.01. The summed E-state index contributed by atoms with van der Waals surface area (Å²) in [7, 11) is -3.75. The minimum atomic E-state index is -3.75. The molecule has 0 N–H and O–H groups in total. The maximum absolute atomic E-state index is 14.0. The third-order valence-electron chi connectivity index (χ3n) is 9.01. The third kappa shape index (κ3) is 7.17. The van der Waals surface area contributed by atoms with Gasteiger partial charge < -0.3 is 9.30 Å². The number of thioether (sulfide) groups is 1. The third-order valence-corrected chi connectivity index (χ3v) is 12.1. The summed E-state index contributed by atoms with van der Waals surface area (Å²) < 4.78 is 37.9. The van der Waals surface area contributed by atoms with Crippen LogP contribution in [0, 0.1) is 13.8 Å². The summed E-state index contributed by atoms with van der Waals surface area (Å²) in [6.07, 6.45) is 0.